The number of aryl methyl sites for hydroxylation is 1. The van der Waals surface area contributed by atoms with Gasteiger partial charge in [0.15, 0.2) is 9.84 Å². The van der Waals surface area contributed by atoms with E-state index in [-0.39, 0.29) is 23.1 Å². The molecule has 108 valence electrons. The second-order valence-electron chi connectivity index (χ2n) is 5.88. The van der Waals surface area contributed by atoms with Crippen LogP contribution in [-0.2, 0) is 16.3 Å². The van der Waals surface area contributed by atoms with E-state index in [4.69, 9.17) is 0 Å². The Morgan fingerprint density at radius 1 is 1.42 bits per heavy atom. The first-order valence-electron chi connectivity index (χ1n) is 6.80. The number of rotatable bonds is 4. The number of aromatic nitrogens is 2. The molecule has 0 amide bonds. The number of sulfone groups is 1. The predicted molar refractivity (Wildman–Crippen MR) is 75.3 cm³/mol. The van der Waals surface area contributed by atoms with Crippen LogP contribution in [0.2, 0.25) is 0 Å². The summed E-state index contributed by atoms with van der Waals surface area (Å²) in [7, 11) is -2.97. The van der Waals surface area contributed by atoms with Crippen LogP contribution in [0, 0.1) is 12.8 Å². The van der Waals surface area contributed by atoms with Crippen LogP contribution in [0.5, 0.6) is 0 Å². The fraction of sp³-hybridized carbons (Fsp3) is 0.769. The SMILES string of the molecule is Cc1[nH]n([C@@H]2CCS(=O)(=O)C2)c(=O)c1CCC(C)C. The van der Waals surface area contributed by atoms with Gasteiger partial charge in [0.25, 0.3) is 5.56 Å². The van der Waals surface area contributed by atoms with E-state index in [1.807, 2.05) is 6.92 Å². The van der Waals surface area contributed by atoms with Gasteiger partial charge in [-0.25, -0.2) is 13.1 Å². The van der Waals surface area contributed by atoms with Crippen LogP contribution in [0.25, 0.3) is 0 Å². The molecule has 2 heterocycles. The van der Waals surface area contributed by atoms with Crippen molar-refractivity contribution in [2.75, 3.05) is 11.5 Å². The van der Waals surface area contributed by atoms with Gasteiger partial charge in [0, 0.05) is 11.3 Å². The van der Waals surface area contributed by atoms with E-state index in [9.17, 15) is 13.2 Å². The number of H-pyrrole nitrogens is 1. The highest BCUT2D eigenvalue weighted by Gasteiger charge is 2.31. The summed E-state index contributed by atoms with van der Waals surface area (Å²) in [6.07, 6.45) is 2.26. The second-order valence-corrected chi connectivity index (χ2v) is 8.11. The zero-order valence-electron chi connectivity index (χ0n) is 11.8. The molecular formula is C13H22N2O3S. The number of nitrogens with one attached hydrogen (secondary N) is 1. The Labute approximate surface area is 113 Å². The molecule has 0 radical (unpaired) electrons. The molecule has 0 bridgehead atoms. The minimum Gasteiger partial charge on any atom is -0.299 e. The Morgan fingerprint density at radius 2 is 2.11 bits per heavy atom. The van der Waals surface area contributed by atoms with Gasteiger partial charge in [-0.3, -0.25) is 9.89 Å². The Kier molecular flexibility index (Phi) is 3.90. The van der Waals surface area contributed by atoms with Gasteiger partial charge in [-0.2, -0.15) is 0 Å². The molecule has 19 heavy (non-hydrogen) atoms. The molecule has 1 saturated heterocycles. The van der Waals surface area contributed by atoms with E-state index in [1.54, 1.807) is 0 Å². The Balaban J connectivity index is 2.24. The van der Waals surface area contributed by atoms with Gasteiger partial charge < -0.3 is 0 Å². The van der Waals surface area contributed by atoms with Gasteiger partial charge in [-0.05, 0) is 32.1 Å². The monoisotopic (exact) mass is 286 g/mol. The van der Waals surface area contributed by atoms with Gasteiger partial charge in [-0.15, -0.1) is 0 Å². The summed E-state index contributed by atoms with van der Waals surface area (Å²) in [6, 6.07) is -0.219. The van der Waals surface area contributed by atoms with E-state index < -0.39 is 9.84 Å². The highest BCUT2D eigenvalue weighted by Crippen LogP contribution is 2.22. The first-order valence-corrected chi connectivity index (χ1v) is 8.62. The van der Waals surface area contributed by atoms with Crippen molar-refractivity contribution < 1.29 is 8.42 Å². The fourth-order valence-electron chi connectivity index (χ4n) is 2.57. The summed E-state index contributed by atoms with van der Waals surface area (Å²) in [4.78, 5) is 12.3. The molecule has 1 aliphatic heterocycles. The minimum atomic E-state index is -2.97. The van der Waals surface area contributed by atoms with Gasteiger partial charge in [0.1, 0.15) is 0 Å². The molecule has 0 saturated carbocycles. The van der Waals surface area contributed by atoms with Gasteiger partial charge in [0.05, 0.1) is 17.5 Å². The molecule has 1 fully saturated rings. The van der Waals surface area contributed by atoms with Crippen LogP contribution in [0.15, 0.2) is 4.79 Å². The summed E-state index contributed by atoms with van der Waals surface area (Å²) in [5.41, 5.74) is 1.63. The lowest BCUT2D eigenvalue weighted by Crippen LogP contribution is -2.25. The summed E-state index contributed by atoms with van der Waals surface area (Å²) < 4.78 is 24.5. The largest absolute Gasteiger partial charge is 0.299 e. The van der Waals surface area contributed by atoms with E-state index in [1.165, 1.54) is 4.68 Å². The highest BCUT2D eigenvalue weighted by atomic mass is 32.2. The zero-order chi connectivity index (χ0) is 14.2. The molecule has 1 aromatic heterocycles. The molecule has 0 spiro atoms. The van der Waals surface area contributed by atoms with E-state index in [0.717, 1.165) is 24.1 Å². The molecule has 0 aliphatic carbocycles. The van der Waals surface area contributed by atoms with Gasteiger partial charge in [-0.1, -0.05) is 13.8 Å². The van der Waals surface area contributed by atoms with Crippen LogP contribution in [-0.4, -0.2) is 29.7 Å². The average Bonchev–Trinajstić information content (AvgIpc) is 2.77. The van der Waals surface area contributed by atoms with E-state index >= 15 is 0 Å². The van der Waals surface area contributed by atoms with Crippen molar-refractivity contribution in [2.45, 2.75) is 46.1 Å². The third-order valence-corrected chi connectivity index (χ3v) is 5.51. The number of hydrogen-bond acceptors (Lipinski definition) is 3. The van der Waals surface area contributed by atoms with Crippen LogP contribution in [0.4, 0.5) is 0 Å². The molecule has 1 aliphatic rings. The lowest BCUT2D eigenvalue weighted by atomic mass is 10.0. The standard InChI is InChI=1S/C13H22N2O3S/c1-9(2)4-5-12-10(3)14-15(13(12)16)11-6-7-19(17,18)8-11/h9,11,14H,4-8H2,1-3H3/t11-/m1/s1. The Hall–Kier alpha value is -1.04. The first kappa shape index (κ1) is 14.4. The van der Waals surface area contributed by atoms with Gasteiger partial charge >= 0.3 is 0 Å². The summed E-state index contributed by atoms with van der Waals surface area (Å²) >= 11 is 0. The van der Waals surface area contributed by atoms with E-state index in [2.05, 4.69) is 18.9 Å². The molecule has 5 nitrogen and oxygen atoms in total. The maximum Gasteiger partial charge on any atom is 0.270 e. The third-order valence-electron chi connectivity index (χ3n) is 3.76. The highest BCUT2D eigenvalue weighted by molar-refractivity contribution is 7.91. The van der Waals surface area contributed by atoms with Crippen molar-refractivity contribution in [3.05, 3.63) is 21.6 Å². The zero-order valence-corrected chi connectivity index (χ0v) is 12.6. The minimum absolute atomic E-state index is 0.0414. The first-order chi connectivity index (χ1) is 8.80. The van der Waals surface area contributed by atoms with E-state index in [0.29, 0.717) is 12.3 Å². The van der Waals surface area contributed by atoms with Crippen LogP contribution in [0.1, 0.15) is 44.0 Å². The lowest BCUT2D eigenvalue weighted by Gasteiger charge is -2.07. The van der Waals surface area contributed by atoms with Crippen molar-refractivity contribution in [3.8, 4) is 0 Å². The smallest absolute Gasteiger partial charge is 0.270 e. The van der Waals surface area contributed by atoms with Crippen molar-refractivity contribution in [1.82, 2.24) is 9.78 Å². The quantitative estimate of drug-likeness (QED) is 0.910. The Morgan fingerprint density at radius 3 is 2.63 bits per heavy atom. The van der Waals surface area contributed by atoms with Crippen molar-refractivity contribution in [1.29, 1.82) is 0 Å². The normalized spacial score (nSPS) is 22.2. The van der Waals surface area contributed by atoms with Crippen molar-refractivity contribution >= 4 is 9.84 Å². The molecule has 1 atom stereocenters. The fourth-order valence-corrected chi connectivity index (χ4v) is 4.27. The maximum absolute atomic E-state index is 12.3. The molecule has 0 aromatic carbocycles. The molecule has 0 unspecified atom stereocenters. The molecule has 1 aromatic rings. The average molecular weight is 286 g/mol. The molecular weight excluding hydrogens is 264 g/mol. The third kappa shape index (κ3) is 3.11. The molecule has 6 heteroatoms. The summed E-state index contributed by atoms with van der Waals surface area (Å²) in [5.74, 6) is 0.814. The topological polar surface area (TPSA) is 71.9 Å². The van der Waals surface area contributed by atoms with Crippen LogP contribution in [0.3, 0.4) is 0 Å². The summed E-state index contributed by atoms with van der Waals surface area (Å²) in [5, 5.41) is 3.06. The lowest BCUT2D eigenvalue weighted by molar-refractivity contribution is 0.482. The van der Waals surface area contributed by atoms with Crippen molar-refractivity contribution in [2.24, 2.45) is 5.92 Å². The Bertz CT molecular complexity index is 610. The van der Waals surface area contributed by atoms with Crippen LogP contribution >= 0.6 is 0 Å². The second kappa shape index (κ2) is 5.15. The maximum atomic E-state index is 12.3. The molecule has 2 rings (SSSR count). The predicted octanol–water partition coefficient (Wildman–Crippen LogP) is 1.43. The number of hydrogen-bond donors (Lipinski definition) is 1. The number of aromatic amines is 1. The summed E-state index contributed by atoms with van der Waals surface area (Å²) in [6.45, 7) is 6.14. The van der Waals surface area contributed by atoms with Crippen LogP contribution < -0.4 is 5.56 Å². The van der Waals surface area contributed by atoms with Gasteiger partial charge in [0.2, 0.25) is 0 Å². The number of nitrogens with zero attached hydrogens (tertiary/aromatic N) is 1. The molecule has 1 N–H and O–H groups in total. The van der Waals surface area contributed by atoms with Crippen molar-refractivity contribution in [3.63, 3.8) is 0 Å².